The fraction of sp³-hybridized carbons (Fsp3) is 0.688. The van der Waals surface area contributed by atoms with E-state index in [2.05, 4.69) is 49.0 Å². The van der Waals surface area contributed by atoms with Crippen LogP contribution >= 0.6 is 0 Å². The topological polar surface area (TPSA) is 64.8 Å². The number of rotatable bonds is 8. The normalized spacial score (nSPS) is 10.5. The Morgan fingerprint density at radius 1 is 1.29 bits per heavy atom. The van der Waals surface area contributed by atoms with E-state index in [-0.39, 0.29) is 0 Å². The second-order valence-corrected chi connectivity index (χ2v) is 5.41. The summed E-state index contributed by atoms with van der Waals surface area (Å²) in [5.74, 6) is 2.74. The zero-order chi connectivity index (χ0) is 15.8. The molecule has 0 aliphatic carbocycles. The second kappa shape index (κ2) is 8.46. The minimum Gasteiger partial charge on any atom is -0.370 e. The summed E-state index contributed by atoms with van der Waals surface area (Å²) >= 11 is 0. The third-order valence-electron chi connectivity index (χ3n) is 3.34. The van der Waals surface area contributed by atoms with Gasteiger partial charge in [-0.05, 0) is 34.1 Å². The first kappa shape index (κ1) is 17.2. The Morgan fingerprint density at radius 2 is 2.00 bits per heavy atom. The van der Waals surface area contributed by atoms with Gasteiger partial charge in [0.2, 0.25) is 0 Å². The van der Waals surface area contributed by atoms with E-state index in [0.717, 1.165) is 42.4 Å². The zero-order valence-electron chi connectivity index (χ0n) is 13.9. The van der Waals surface area contributed by atoms with E-state index >= 15 is 0 Å². The Bertz CT molecular complexity index is 490. The van der Waals surface area contributed by atoms with E-state index in [0.29, 0.717) is 19.0 Å². The van der Waals surface area contributed by atoms with Gasteiger partial charge in [-0.1, -0.05) is 6.92 Å². The maximum atomic E-state index is 8.87. The van der Waals surface area contributed by atoms with Gasteiger partial charge in [-0.3, -0.25) is 0 Å². The molecule has 0 fully saturated rings. The highest BCUT2D eigenvalue weighted by molar-refractivity contribution is 5.59. The molecule has 1 aromatic heterocycles. The maximum absolute atomic E-state index is 8.87. The molecule has 0 saturated heterocycles. The number of nitrogens with zero attached hydrogens (tertiary/aromatic N) is 4. The lowest BCUT2D eigenvalue weighted by atomic mass is 10.2. The van der Waals surface area contributed by atoms with E-state index in [1.807, 2.05) is 6.92 Å². The van der Waals surface area contributed by atoms with Gasteiger partial charge < -0.3 is 10.2 Å². The van der Waals surface area contributed by atoms with E-state index in [9.17, 15) is 0 Å². The van der Waals surface area contributed by atoms with Crippen molar-refractivity contribution in [3.05, 3.63) is 11.4 Å². The van der Waals surface area contributed by atoms with Gasteiger partial charge in [0.15, 0.2) is 0 Å². The first-order chi connectivity index (χ1) is 10.0. The SMILES string of the molecule is CCCc1nc(NCC)c(C)c(N(CCC#N)C(C)C)n1. The molecule has 21 heavy (non-hydrogen) atoms. The third kappa shape index (κ3) is 4.59. The highest BCUT2D eigenvalue weighted by Gasteiger charge is 2.18. The van der Waals surface area contributed by atoms with Gasteiger partial charge in [-0.25, -0.2) is 9.97 Å². The molecule has 0 unspecified atom stereocenters. The molecule has 1 N–H and O–H groups in total. The van der Waals surface area contributed by atoms with Crippen LogP contribution in [-0.4, -0.2) is 29.1 Å². The summed E-state index contributed by atoms with van der Waals surface area (Å²) in [6.07, 6.45) is 2.39. The summed E-state index contributed by atoms with van der Waals surface area (Å²) in [6.45, 7) is 12.0. The van der Waals surface area contributed by atoms with Crippen LogP contribution in [0.15, 0.2) is 0 Å². The Morgan fingerprint density at radius 3 is 2.52 bits per heavy atom. The Hall–Kier alpha value is -1.83. The molecule has 116 valence electrons. The van der Waals surface area contributed by atoms with Gasteiger partial charge in [-0.2, -0.15) is 5.26 Å². The lowest BCUT2D eigenvalue weighted by molar-refractivity contribution is 0.668. The monoisotopic (exact) mass is 289 g/mol. The molecule has 0 atom stereocenters. The van der Waals surface area contributed by atoms with Gasteiger partial charge in [0, 0.05) is 31.1 Å². The standard InChI is InChI=1S/C16H27N5/c1-6-9-14-19-15(18-7-2)13(5)16(20-14)21(12(3)4)11-8-10-17/h12H,6-9,11H2,1-5H3,(H,18,19,20). The molecule has 1 rings (SSSR count). The number of aryl methyl sites for hydroxylation is 1. The van der Waals surface area contributed by atoms with Gasteiger partial charge in [0.25, 0.3) is 0 Å². The van der Waals surface area contributed by atoms with Crippen molar-refractivity contribution in [3.8, 4) is 6.07 Å². The number of nitriles is 1. The minimum absolute atomic E-state index is 0.302. The molecule has 0 amide bonds. The number of anilines is 2. The lowest BCUT2D eigenvalue weighted by Crippen LogP contribution is -2.33. The van der Waals surface area contributed by atoms with Crippen LogP contribution in [0.5, 0.6) is 0 Å². The van der Waals surface area contributed by atoms with E-state index < -0.39 is 0 Å². The lowest BCUT2D eigenvalue weighted by Gasteiger charge is -2.29. The van der Waals surface area contributed by atoms with Gasteiger partial charge in [0.1, 0.15) is 17.5 Å². The van der Waals surface area contributed by atoms with Crippen molar-refractivity contribution in [1.29, 1.82) is 5.26 Å². The maximum Gasteiger partial charge on any atom is 0.137 e. The van der Waals surface area contributed by atoms with Crippen molar-refractivity contribution < 1.29 is 0 Å². The molecule has 0 spiro atoms. The van der Waals surface area contributed by atoms with Crippen LogP contribution in [0.3, 0.4) is 0 Å². The van der Waals surface area contributed by atoms with Crippen molar-refractivity contribution in [2.75, 3.05) is 23.3 Å². The summed E-state index contributed by atoms with van der Waals surface area (Å²) in [6, 6.07) is 2.52. The van der Waals surface area contributed by atoms with E-state index in [1.165, 1.54) is 0 Å². The van der Waals surface area contributed by atoms with Crippen LogP contribution in [0.25, 0.3) is 0 Å². The van der Waals surface area contributed by atoms with Crippen molar-refractivity contribution in [1.82, 2.24) is 9.97 Å². The smallest absolute Gasteiger partial charge is 0.137 e. The summed E-state index contributed by atoms with van der Waals surface area (Å²) < 4.78 is 0. The second-order valence-electron chi connectivity index (χ2n) is 5.41. The Balaban J connectivity index is 3.25. The van der Waals surface area contributed by atoms with Crippen molar-refractivity contribution in [3.63, 3.8) is 0 Å². The summed E-state index contributed by atoms with van der Waals surface area (Å²) in [5.41, 5.74) is 1.06. The van der Waals surface area contributed by atoms with Crippen LogP contribution in [-0.2, 0) is 6.42 Å². The van der Waals surface area contributed by atoms with Crippen LogP contribution in [0.1, 0.15) is 51.9 Å². The molecule has 0 aliphatic heterocycles. The number of hydrogen-bond acceptors (Lipinski definition) is 5. The first-order valence-corrected chi connectivity index (χ1v) is 7.80. The van der Waals surface area contributed by atoms with Gasteiger partial charge in [0.05, 0.1) is 12.5 Å². The molecule has 1 aromatic rings. The Labute approximate surface area is 128 Å². The molecule has 0 saturated carbocycles. The average Bonchev–Trinajstić information content (AvgIpc) is 2.44. The Kier molecular flexibility index (Phi) is 6.93. The number of hydrogen-bond donors (Lipinski definition) is 1. The predicted molar refractivity (Wildman–Crippen MR) is 87.6 cm³/mol. The van der Waals surface area contributed by atoms with Crippen molar-refractivity contribution >= 4 is 11.6 Å². The fourth-order valence-electron chi connectivity index (χ4n) is 2.28. The third-order valence-corrected chi connectivity index (χ3v) is 3.34. The molecular weight excluding hydrogens is 262 g/mol. The number of nitrogens with one attached hydrogen (secondary N) is 1. The quantitative estimate of drug-likeness (QED) is 0.795. The molecule has 0 aromatic carbocycles. The molecule has 5 heteroatoms. The average molecular weight is 289 g/mol. The molecule has 0 radical (unpaired) electrons. The molecule has 1 heterocycles. The molecular formula is C16H27N5. The summed E-state index contributed by atoms with van der Waals surface area (Å²) in [7, 11) is 0. The molecule has 5 nitrogen and oxygen atoms in total. The van der Waals surface area contributed by atoms with Crippen LogP contribution in [0.2, 0.25) is 0 Å². The van der Waals surface area contributed by atoms with E-state index in [1.54, 1.807) is 0 Å². The van der Waals surface area contributed by atoms with Gasteiger partial charge in [-0.15, -0.1) is 0 Å². The predicted octanol–water partition coefficient (Wildman–Crippen LogP) is 3.30. The van der Waals surface area contributed by atoms with Crippen molar-refractivity contribution in [2.45, 2.75) is 59.9 Å². The minimum atomic E-state index is 0.302. The van der Waals surface area contributed by atoms with Crippen LogP contribution < -0.4 is 10.2 Å². The summed E-state index contributed by atoms with van der Waals surface area (Å²) in [5, 5.41) is 12.2. The summed E-state index contributed by atoms with van der Waals surface area (Å²) in [4.78, 5) is 11.6. The van der Waals surface area contributed by atoms with Crippen LogP contribution in [0, 0.1) is 18.3 Å². The zero-order valence-corrected chi connectivity index (χ0v) is 13.9. The number of aromatic nitrogens is 2. The largest absolute Gasteiger partial charge is 0.370 e. The van der Waals surface area contributed by atoms with Gasteiger partial charge >= 0.3 is 0 Å². The van der Waals surface area contributed by atoms with Crippen LogP contribution in [0.4, 0.5) is 11.6 Å². The molecule has 0 bridgehead atoms. The first-order valence-electron chi connectivity index (χ1n) is 7.80. The fourth-order valence-corrected chi connectivity index (χ4v) is 2.28. The highest BCUT2D eigenvalue weighted by atomic mass is 15.2. The van der Waals surface area contributed by atoms with E-state index in [4.69, 9.17) is 10.2 Å². The molecule has 0 aliphatic rings. The van der Waals surface area contributed by atoms with Crippen molar-refractivity contribution in [2.24, 2.45) is 0 Å². The highest BCUT2D eigenvalue weighted by Crippen LogP contribution is 2.25.